The van der Waals surface area contributed by atoms with Crippen LogP contribution in [0, 0.1) is 13.8 Å². The minimum absolute atomic E-state index is 0.235. The van der Waals surface area contributed by atoms with Crippen LogP contribution in [0.25, 0.3) is 28.2 Å². The molecule has 1 N–H and O–H groups in total. The Morgan fingerprint density at radius 1 is 1.07 bits per heavy atom. The Kier molecular flexibility index (Phi) is 4.51. The van der Waals surface area contributed by atoms with E-state index in [9.17, 15) is 4.79 Å². The zero-order chi connectivity index (χ0) is 20.8. The van der Waals surface area contributed by atoms with Crippen LogP contribution in [0.3, 0.4) is 0 Å². The van der Waals surface area contributed by atoms with Crippen molar-refractivity contribution in [2.24, 2.45) is 0 Å². The van der Waals surface area contributed by atoms with E-state index in [1.807, 2.05) is 44.2 Å². The van der Waals surface area contributed by atoms with Crippen LogP contribution in [0.15, 0.2) is 39.5 Å². The zero-order valence-corrected chi connectivity index (χ0v) is 17.3. The summed E-state index contributed by atoms with van der Waals surface area (Å²) in [5, 5.41) is 11.6. The zero-order valence-electron chi connectivity index (χ0n) is 17.3. The van der Waals surface area contributed by atoms with Crippen molar-refractivity contribution in [1.29, 1.82) is 0 Å². The van der Waals surface area contributed by atoms with Crippen LogP contribution < -0.4 is 5.56 Å². The van der Waals surface area contributed by atoms with Gasteiger partial charge in [-0.2, -0.15) is 0 Å². The van der Waals surface area contributed by atoms with Crippen molar-refractivity contribution in [3.05, 3.63) is 58.0 Å². The Morgan fingerprint density at radius 2 is 1.80 bits per heavy atom. The molecule has 8 heteroatoms. The smallest absolute Gasteiger partial charge is 0.285 e. The van der Waals surface area contributed by atoms with Crippen LogP contribution in [0.4, 0.5) is 0 Å². The molecule has 0 spiro atoms. The Morgan fingerprint density at radius 3 is 2.53 bits per heavy atom. The molecular weight excluding hydrogens is 380 g/mol. The van der Waals surface area contributed by atoms with Crippen LogP contribution >= 0.6 is 0 Å². The lowest BCUT2D eigenvalue weighted by atomic mass is 9.97. The number of aryl methyl sites for hydroxylation is 2. The number of fused-ring (bicyclic) bond motifs is 1. The highest BCUT2D eigenvalue weighted by atomic mass is 16.4. The maximum absolute atomic E-state index is 13.3. The molecule has 0 atom stereocenters. The second-order valence-electron chi connectivity index (χ2n) is 8.04. The third-order valence-corrected chi connectivity index (χ3v) is 5.93. The van der Waals surface area contributed by atoms with Crippen LogP contribution in [-0.4, -0.2) is 49.8 Å². The van der Waals surface area contributed by atoms with Crippen LogP contribution in [-0.2, 0) is 0 Å². The molecule has 0 saturated carbocycles. The van der Waals surface area contributed by atoms with Crippen LogP contribution in [0.1, 0.15) is 36.0 Å². The summed E-state index contributed by atoms with van der Waals surface area (Å²) < 4.78 is 7.44. The van der Waals surface area contributed by atoms with E-state index >= 15 is 0 Å². The molecule has 5 rings (SSSR count). The summed E-state index contributed by atoms with van der Waals surface area (Å²) >= 11 is 0. The number of aromatic nitrogens is 5. The van der Waals surface area contributed by atoms with E-state index in [2.05, 4.69) is 27.2 Å². The Bertz CT molecular complexity index is 1260. The van der Waals surface area contributed by atoms with Crippen molar-refractivity contribution in [3.8, 4) is 22.6 Å². The third kappa shape index (κ3) is 3.04. The first-order valence-corrected chi connectivity index (χ1v) is 10.2. The second kappa shape index (κ2) is 7.21. The number of benzene rings is 1. The van der Waals surface area contributed by atoms with Gasteiger partial charge in [0.25, 0.3) is 11.4 Å². The number of likely N-dealkylation sites (tertiary alicyclic amines) is 1. The molecule has 0 amide bonds. The Hall–Kier alpha value is -3.26. The maximum atomic E-state index is 13.3. The molecule has 1 aliphatic rings. The molecule has 1 aromatic carbocycles. The second-order valence-corrected chi connectivity index (χ2v) is 8.04. The lowest BCUT2D eigenvalue weighted by Crippen LogP contribution is -2.29. The topological polar surface area (TPSA) is 92.3 Å². The molecular formula is C22H24N6O2. The largest absolute Gasteiger partial charge is 0.420 e. The summed E-state index contributed by atoms with van der Waals surface area (Å²) in [6.07, 6.45) is 1.95. The SMILES string of the molecule is Cc1nc2c(-c3ccccc3)c(C)[nH]n2c(=O)c1-c1nnc(C2CCN(C)CC2)o1. The van der Waals surface area contributed by atoms with Crippen molar-refractivity contribution < 1.29 is 4.42 Å². The number of hydrogen-bond acceptors (Lipinski definition) is 6. The molecule has 0 radical (unpaired) electrons. The van der Waals surface area contributed by atoms with Gasteiger partial charge in [-0.05, 0) is 52.4 Å². The summed E-state index contributed by atoms with van der Waals surface area (Å²) in [5.74, 6) is 1.08. The van der Waals surface area contributed by atoms with Crippen molar-refractivity contribution in [3.63, 3.8) is 0 Å². The van der Waals surface area contributed by atoms with Crippen LogP contribution in [0.2, 0.25) is 0 Å². The van der Waals surface area contributed by atoms with Gasteiger partial charge in [-0.1, -0.05) is 30.3 Å². The van der Waals surface area contributed by atoms with Gasteiger partial charge in [0.15, 0.2) is 5.65 Å². The monoisotopic (exact) mass is 404 g/mol. The van der Waals surface area contributed by atoms with Gasteiger partial charge in [0.2, 0.25) is 5.89 Å². The van der Waals surface area contributed by atoms with Gasteiger partial charge in [-0.25, -0.2) is 9.50 Å². The van der Waals surface area contributed by atoms with E-state index in [0.29, 0.717) is 22.8 Å². The first-order chi connectivity index (χ1) is 14.5. The first kappa shape index (κ1) is 18.7. The molecule has 30 heavy (non-hydrogen) atoms. The highest BCUT2D eigenvalue weighted by Crippen LogP contribution is 2.30. The minimum atomic E-state index is -0.235. The molecule has 1 fully saturated rings. The molecule has 0 bridgehead atoms. The molecule has 3 aromatic heterocycles. The molecule has 8 nitrogen and oxygen atoms in total. The van der Waals surface area contributed by atoms with Gasteiger partial charge in [-0.15, -0.1) is 10.2 Å². The van der Waals surface area contributed by atoms with E-state index in [0.717, 1.165) is 42.8 Å². The summed E-state index contributed by atoms with van der Waals surface area (Å²) in [5.41, 5.74) is 4.09. The van der Waals surface area contributed by atoms with E-state index in [-0.39, 0.29) is 17.4 Å². The van der Waals surface area contributed by atoms with Crippen molar-refractivity contribution >= 4 is 5.65 Å². The van der Waals surface area contributed by atoms with Crippen molar-refractivity contribution in [2.75, 3.05) is 20.1 Å². The van der Waals surface area contributed by atoms with Gasteiger partial charge in [0.05, 0.1) is 5.69 Å². The number of piperidine rings is 1. The summed E-state index contributed by atoms with van der Waals surface area (Å²) in [4.78, 5) is 20.4. The average molecular weight is 404 g/mol. The van der Waals surface area contributed by atoms with Gasteiger partial charge in [-0.3, -0.25) is 9.89 Å². The van der Waals surface area contributed by atoms with E-state index in [1.54, 1.807) is 0 Å². The maximum Gasteiger partial charge on any atom is 0.285 e. The van der Waals surface area contributed by atoms with E-state index in [4.69, 9.17) is 9.40 Å². The van der Waals surface area contributed by atoms with Gasteiger partial charge in [0.1, 0.15) is 5.56 Å². The highest BCUT2D eigenvalue weighted by Gasteiger charge is 2.26. The number of H-pyrrole nitrogens is 1. The average Bonchev–Trinajstić information content (AvgIpc) is 3.34. The summed E-state index contributed by atoms with van der Waals surface area (Å²) in [7, 11) is 2.11. The first-order valence-electron chi connectivity index (χ1n) is 10.2. The van der Waals surface area contributed by atoms with Gasteiger partial charge in [0, 0.05) is 17.2 Å². The fourth-order valence-corrected chi connectivity index (χ4v) is 4.24. The number of hydrogen-bond donors (Lipinski definition) is 1. The fourth-order valence-electron chi connectivity index (χ4n) is 4.24. The summed E-state index contributed by atoms with van der Waals surface area (Å²) in [6.45, 7) is 5.76. The summed E-state index contributed by atoms with van der Waals surface area (Å²) in [6, 6.07) is 9.93. The standard InChI is InChI=1S/C22H24N6O2/c1-13-18(21-25-24-20(30-21)16-9-11-27(3)12-10-16)22(29)28-19(23-13)17(14(2)26-28)15-7-5-4-6-8-15/h4-8,16,26H,9-12H2,1-3H3. The number of nitrogens with zero attached hydrogens (tertiary/aromatic N) is 5. The minimum Gasteiger partial charge on any atom is -0.420 e. The molecule has 4 heterocycles. The highest BCUT2D eigenvalue weighted by molar-refractivity contribution is 5.80. The predicted molar refractivity (Wildman–Crippen MR) is 113 cm³/mol. The Labute approximate surface area is 173 Å². The van der Waals surface area contributed by atoms with Crippen molar-refractivity contribution in [1.82, 2.24) is 29.7 Å². The molecule has 4 aromatic rings. The quantitative estimate of drug-likeness (QED) is 0.564. The van der Waals surface area contributed by atoms with Gasteiger partial charge >= 0.3 is 0 Å². The number of aromatic amines is 1. The van der Waals surface area contributed by atoms with E-state index < -0.39 is 0 Å². The third-order valence-electron chi connectivity index (χ3n) is 5.93. The molecule has 0 unspecified atom stereocenters. The lowest BCUT2D eigenvalue weighted by molar-refractivity contribution is 0.237. The molecule has 154 valence electrons. The van der Waals surface area contributed by atoms with Crippen LogP contribution in [0.5, 0.6) is 0 Å². The number of rotatable bonds is 3. The Balaban J connectivity index is 1.59. The van der Waals surface area contributed by atoms with Crippen molar-refractivity contribution in [2.45, 2.75) is 32.6 Å². The molecule has 1 saturated heterocycles. The van der Waals surface area contributed by atoms with E-state index in [1.165, 1.54) is 4.52 Å². The van der Waals surface area contributed by atoms with Gasteiger partial charge < -0.3 is 9.32 Å². The number of nitrogens with one attached hydrogen (secondary N) is 1. The molecule has 0 aliphatic carbocycles. The lowest BCUT2D eigenvalue weighted by Gasteiger charge is -2.26. The molecule has 1 aliphatic heterocycles. The normalized spacial score (nSPS) is 15.8. The predicted octanol–water partition coefficient (Wildman–Crippen LogP) is 3.17. The fraction of sp³-hybridized carbons (Fsp3) is 0.364.